The largest absolute Gasteiger partial charge is 0.452 e. The van der Waals surface area contributed by atoms with E-state index in [1.165, 1.54) is 6.20 Å². The van der Waals surface area contributed by atoms with Gasteiger partial charge in [-0.15, -0.1) is 11.6 Å². The van der Waals surface area contributed by atoms with Gasteiger partial charge in [0.05, 0.1) is 12.7 Å². The molecule has 1 aromatic heterocycles. The number of halogens is 1. The minimum Gasteiger partial charge on any atom is -0.452 e. The lowest BCUT2D eigenvalue weighted by atomic mass is 10.2. The van der Waals surface area contributed by atoms with Gasteiger partial charge in [0.15, 0.2) is 0 Å². The number of nitrogens with zero attached hydrogens (tertiary/aromatic N) is 1. The number of hydrogen-bond donors (Lipinski definition) is 3. The Morgan fingerprint density at radius 2 is 2.03 bits per heavy atom. The van der Waals surface area contributed by atoms with Crippen molar-refractivity contribution in [2.45, 2.75) is 37.9 Å². The maximum Gasteiger partial charge on any atom is 0.435 e. The molecule has 1 aromatic carbocycles. The number of nitrogens with one attached hydrogen (secondary N) is 1. The molecule has 1 aliphatic heterocycles. The molecule has 0 bridgehead atoms. The van der Waals surface area contributed by atoms with Gasteiger partial charge in [0.25, 0.3) is 5.56 Å². The van der Waals surface area contributed by atoms with Crippen molar-refractivity contribution >= 4 is 24.9 Å². The second-order valence-corrected chi connectivity index (χ2v) is 9.09. The van der Waals surface area contributed by atoms with Crippen LogP contribution < -0.4 is 11.2 Å². The van der Waals surface area contributed by atoms with Crippen LogP contribution in [0, 0.1) is 0 Å². The normalized spacial score (nSPS) is 22.4. The first-order chi connectivity index (χ1) is 15.2. The maximum atomic E-state index is 12.2. The van der Waals surface area contributed by atoms with Crippen molar-refractivity contribution in [3.63, 3.8) is 0 Å². The van der Waals surface area contributed by atoms with Gasteiger partial charge in [-0.05, 0) is 12.0 Å². The standard InChI is InChI=1S/C19H22ClN2O9P/c20-7-6-13-9-22(18(25)21-17(13)24)16-8-14(23)15(31-16)11-30-32(27,28)19(26)29-10-12-4-2-1-3-5-12/h1-5,9,14-16,23H,6-8,10-11H2,(H,27,28)(H,21,24,25). The summed E-state index contributed by atoms with van der Waals surface area (Å²) in [6.07, 6.45) is -1.75. The minimum absolute atomic E-state index is 0.0471. The Bertz CT molecular complexity index is 1100. The van der Waals surface area contributed by atoms with Crippen molar-refractivity contribution in [1.82, 2.24) is 9.55 Å². The minimum atomic E-state index is -4.81. The number of alkyl halides is 1. The number of aromatic nitrogens is 2. The third kappa shape index (κ3) is 5.94. The van der Waals surface area contributed by atoms with Gasteiger partial charge < -0.3 is 19.5 Å². The zero-order valence-corrected chi connectivity index (χ0v) is 18.4. The molecule has 0 spiro atoms. The van der Waals surface area contributed by atoms with Crippen LogP contribution in [-0.2, 0) is 31.6 Å². The Hall–Kier alpha value is -2.27. The van der Waals surface area contributed by atoms with Gasteiger partial charge in [0.2, 0.25) is 0 Å². The van der Waals surface area contributed by atoms with Gasteiger partial charge in [0.1, 0.15) is 18.9 Å². The van der Waals surface area contributed by atoms with Crippen molar-refractivity contribution in [3.8, 4) is 0 Å². The first-order valence-electron chi connectivity index (χ1n) is 9.63. The van der Waals surface area contributed by atoms with Gasteiger partial charge in [-0.1, -0.05) is 30.3 Å². The molecule has 3 rings (SSSR count). The summed E-state index contributed by atoms with van der Waals surface area (Å²) in [6.45, 7) is -0.809. The molecule has 4 atom stereocenters. The van der Waals surface area contributed by atoms with Crippen molar-refractivity contribution in [2.24, 2.45) is 0 Å². The Morgan fingerprint density at radius 1 is 1.31 bits per heavy atom. The van der Waals surface area contributed by atoms with Gasteiger partial charge in [0, 0.05) is 24.1 Å². The van der Waals surface area contributed by atoms with Crippen LogP contribution in [0.25, 0.3) is 0 Å². The van der Waals surface area contributed by atoms with Crippen molar-refractivity contribution in [2.75, 3.05) is 12.5 Å². The second kappa shape index (κ2) is 10.6. The SMILES string of the molecule is O=C(OCc1ccccc1)P(=O)(O)OCC1OC(n2cc(CCCl)c(=O)[nH]c2=O)CC1O. The fourth-order valence-electron chi connectivity index (χ4n) is 3.08. The highest BCUT2D eigenvalue weighted by molar-refractivity contribution is 7.70. The molecule has 2 aromatic rings. The van der Waals surface area contributed by atoms with Gasteiger partial charge in [-0.3, -0.25) is 18.9 Å². The van der Waals surface area contributed by atoms with Gasteiger partial charge >= 0.3 is 19.0 Å². The number of aryl methyl sites for hydroxylation is 1. The lowest BCUT2D eigenvalue weighted by Crippen LogP contribution is -2.34. The van der Waals surface area contributed by atoms with Crippen LogP contribution >= 0.6 is 19.2 Å². The molecular weight excluding hydrogens is 467 g/mol. The molecule has 1 fully saturated rings. The number of carbonyl (C=O) groups excluding carboxylic acids is 1. The molecule has 0 amide bonds. The quantitative estimate of drug-likeness (QED) is 0.351. The van der Waals surface area contributed by atoms with E-state index in [4.69, 9.17) is 25.6 Å². The number of H-pyrrole nitrogens is 1. The van der Waals surface area contributed by atoms with Gasteiger partial charge in [-0.2, -0.15) is 0 Å². The predicted molar refractivity (Wildman–Crippen MR) is 113 cm³/mol. The number of benzene rings is 1. The molecular formula is C19H22ClN2O9P. The van der Waals surface area contributed by atoms with Crippen LogP contribution in [0.15, 0.2) is 46.1 Å². The molecule has 1 saturated heterocycles. The Balaban J connectivity index is 1.60. The number of ether oxygens (including phenoxy) is 2. The Labute approximate surface area is 187 Å². The van der Waals surface area contributed by atoms with Gasteiger partial charge in [-0.25, -0.2) is 14.2 Å². The maximum absolute atomic E-state index is 12.2. The average molecular weight is 489 g/mol. The van der Waals surface area contributed by atoms with Crippen LogP contribution in [0.4, 0.5) is 4.79 Å². The van der Waals surface area contributed by atoms with Crippen molar-refractivity contribution < 1.29 is 33.4 Å². The summed E-state index contributed by atoms with van der Waals surface area (Å²) in [5.41, 5.74) is -1.87. The zero-order chi connectivity index (χ0) is 23.3. The first kappa shape index (κ1) is 24.4. The smallest absolute Gasteiger partial charge is 0.435 e. The summed E-state index contributed by atoms with van der Waals surface area (Å²) in [6, 6.07) is 8.57. The van der Waals surface area contributed by atoms with E-state index >= 15 is 0 Å². The number of aliphatic hydroxyl groups excluding tert-OH is 1. The summed E-state index contributed by atoms with van der Waals surface area (Å²) in [5.74, 6) is 0.165. The highest BCUT2D eigenvalue weighted by atomic mass is 35.5. The third-order valence-electron chi connectivity index (χ3n) is 4.77. The molecule has 4 unspecified atom stereocenters. The molecule has 2 heterocycles. The number of rotatable bonds is 9. The van der Waals surface area contributed by atoms with E-state index in [0.717, 1.165) is 4.57 Å². The summed E-state index contributed by atoms with van der Waals surface area (Å²) in [4.78, 5) is 47.9. The van der Waals surface area contributed by atoms with E-state index in [1.807, 2.05) is 0 Å². The summed E-state index contributed by atoms with van der Waals surface area (Å²) in [7, 11) is -4.81. The monoisotopic (exact) mass is 488 g/mol. The lowest BCUT2D eigenvalue weighted by molar-refractivity contribution is -0.0424. The molecule has 0 radical (unpaired) electrons. The molecule has 13 heteroatoms. The Kier molecular flexibility index (Phi) is 8.05. The van der Waals surface area contributed by atoms with Crippen LogP contribution in [0.5, 0.6) is 0 Å². The molecule has 11 nitrogen and oxygen atoms in total. The van der Waals surface area contributed by atoms with E-state index in [2.05, 4.69) is 4.98 Å². The predicted octanol–water partition coefficient (Wildman–Crippen LogP) is 1.51. The average Bonchev–Trinajstić information content (AvgIpc) is 3.13. The number of aliphatic hydroxyl groups is 1. The van der Waals surface area contributed by atoms with E-state index in [-0.39, 0.29) is 30.9 Å². The summed E-state index contributed by atoms with van der Waals surface area (Å²) < 4.78 is 28.5. The van der Waals surface area contributed by atoms with Crippen LogP contribution in [-0.4, -0.2) is 50.0 Å². The zero-order valence-electron chi connectivity index (χ0n) is 16.8. The van der Waals surface area contributed by atoms with E-state index < -0.39 is 49.6 Å². The topological polar surface area (TPSA) is 157 Å². The van der Waals surface area contributed by atoms with Crippen molar-refractivity contribution in [3.05, 3.63) is 68.5 Å². The second-order valence-electron chi connectivity index (χ2n) is 7.05. The Morgan fingerprint density at radius 3 is 2.72 bits per heavy atom. The van der Waals surface area contributed by atoms with Crippen molar-refractivity contribution in [1.29, 1.82) is 0 Å². The number of aromatic amines is 1. The molecule has 32 heavy (non-hydrogen) atoms. The van der Waals surface area contributed by atoms with Crippen LogP contribution in [0.1, 0.15) is 23.8 Å². The number of hydrogen-bond acceptors (Lipinski definition) is 8. The van der Waals surface area contributed by atoms with Crippen LogP contribution in [0.3, 0.4) is 0 Å². The molecule has 0 aliphatic carbocycles. The van der Waals surface area contributed by atoms with E-state index in [9.17, 15) is 28.9 Å². The third-order valence-corrected chi connectivity index (χ3v) is 6.05. The summed E-state index contributed by atoms with van der Waals surface area (Å²) in [5, 5.41) is 10.2. The molecule has 1 aliphatic rings. The molecule has 0 saturated carbocycles. The summed E-state index contributed by atoms with van der Waals surface area (Å²) >= 11 is 5.66. The molecule has 3 N–H and O–H groups in total. The molecule has 174 valence electrons. The number of carbonyl (C=O) groups is 1. The first-order valence-corrected chi connectivity index (χ1v) is 11.7. The fraction of sp³-hybridized carbons (Fsp3) is 0.421. The lowest BCUT2D eigenvalue weighted by Gasteiger charge is -2.18. The highest BCUT2D eigenvalue weighted by Crippen LogP contribution is 2.45. The fourth-order valence-corrected chi connectivity index (χ4v) is 3.97. The van der Waals surface area contributed by atoms with Crippen LogP contribution in [0.2, 0.25) is 0 Å². The highest BCUT2D eigenvalue weighted by Gasteiger charge is 2.40. The van der Waals surface area contributed by atoms with E-state index in [0.29, 0.717) is 5.56 Å². The van der Waals surface area contributed by atoms with E-state index in [1.54, 1.807) is 30.3 Å².